The lowest BCUT2D eigenvalue weighted by Crippen LogP contribution is -2.23. The maximum absolute atomic E-state index is 12.6. The first kappa shape index (κ1) is 24.5. The van der Waals surface area contributed by atoms with Crippen molar-refractivity contribution in [3.63, 3.8) is 0 Å². The molecule has 34 heavy (non-hydrogen) atoms. The predicted octanol–water partition coefficient (Wildman–Crippen LogP) is 3.84. The largest absolute Gasteiger partial charge is 0.497 e. The van der Waals surface area contributed by atoms with Crippen molar-refractivity contribution < 1.29 is 23.9 Å². The minimum Gasteiger partial charge on any atom is -0.497 e. The normalized spacial score (nSPS) is 10.6. The van der Waals surface area contributed by atoms with E-state index in [2.05, 4.69) is 15.7 Å². The molecule has 0 atom stereocenters. The molecule has 0 saturated heterocycles. The summed E-state index contributed by atoms with van der Waals surface area (Å²) in [5.74, 6) is -0.175. The van der Waals surface area contributed by atoms with E-state index in [1.165, 1.54) is 6.07 Å². The number of aryl methyl sites for hydroxylation is 1. The molecule has 1 heterocycles. The molecule has 0 spiro atoms. The van der Waals surface area contributed by atoms with E-state index >= 15 is 0 Å². The van der Waals surface area contributed by atoms with Gasteiger partial charge >= 0.3 is 5.97 Å². The number of hydrogen-bond donors (Lipinski definition) is 2. The van der Waals surface area contributed by atoms with E-state index in [0.717, 1.165) is 11.3 Å². The van der Waals surface area contributed by atoms with Crippen molar-refractivity contribution in [3.8, 4) is 5.75 Å². The van der Waals surface area contributed by atoms with Crippen LogP contribution in [0.4, 0.5) is 11.5 Å². The van der Waals surface area contributed by atoms with Crippen LogP contribution in [0.25, 0.3) is 0 Å². The number of nitrogens with one attached hydrogen (secondary N) is 2. The van der Waals surface area contributed by atoms with Crippen LogP contribution in [0.3, 0.4) is 0 Å². The van der Waals surface area contributed by atoms with E-state index in [1.54, 1.807) is 42.3 Å². The summed E-state index contributed by atoms with van der Waals surface area (Å²) in [5, 5.41) is 9.56. The molecule has 0 unspecified atom stereocenters. The number of carbonyl (C=O) groups is 3. The highest BCUT2D eigenvalue weighted by molar-refractivity contribution is 6.02. The molecule has 9 heteroatoms. The lowest BCUT2D eigenvalue weighted by atomic mass is 10.1. The molecule has 0 radical (unpaired) electrons. The zero-order valence-corrected chi connectivity index (χ0v) is 19.4. The average molecular weight is 465 g/mol. The molecule has 2 amide bonds. The average Bonchev–Trinajstić information content (AvgIpc) is 3.30. The summed E-state index contributed by atoms with van der Waals surface area (Å²) in [6.07, 6.45) is 2.35. The van der Waals surface area contributed by atoms with Crippen LogP contribution in [0, 0.1) is 0 Å². The van der Waals surface area contributed by atoms with Crippen molar-refractivity contribution in [1.29, 1.82) is 0 Å². The van der Waals surface area contributed by atoms with E-state index in [1.807, 2.05) is 38.1 Å². The van der Waals surface area contributed by atoms with Crippen molar-refractivity contribution in [3.05, 3.63) is 71.9 Å². The smallest absolute Gasteiger partial charge is 0.340 e. The number of methoxy groups -OCH3 is 1. The number of para-hydroxylation sites is 1. The molecule has 0 saturated carbocycles. The molecule has 0 aliphatic heterocycles. The van der Waals surface area contributed by atoms with Gasteiger partial charge in [0, 0.05) is 18.5 Å². The number of hydrogen-bond acceptors (Lipinski definition) is 6. The second kappa shape index (κ2) is 11.6. The van der Waals surface area contributed by atoms with Crippen LogP contribution in [0.2, 0.25) is 0 Å². The Morgan fingerprint density at radius 1 is 0.971 bits per heavy atom. The van der Waals surface area contributed by atoms with Gasteiger partial charge in [-0.3, -0.25) is 9.59 Å². The van der Waals surface area contributed by atoms with Crippen LogP contribution in [0.5, 0.6) is 5.75 Å². The molecule has 3 aromatic rings. The molecule has 3 rings (SSSR count). The zero-order valence-electron chi connectivity index (χ0n) is 19.4. The first-order valence-corrected chi connectivity index (χ1v) is 10.9. The third-order valence-electron chi connectivity index (χ3n) is 4.98. The fraction of sp³-hybridized carbons (Fsp3) is 0.280. The number of esters is 1. The third-order valence-corrected chi connectivity index (χ3v) is 4.98. The second-order valence-corrected chi connectivity index (χ2v) is 7.82. The Labute approximate surface area is 198 Å². The van der Waals surface area contributed by atoms with Gasteiger partial charge in [0.1, 0.15) is 11.6 Å². The van der Waals surface area contributed by atoms with Crippen molar-refractivity contribution >= 4 is 29.3 Å². The Morgan fingerprint density at radius 2 is 1.71 bits per heavy atom. The topological polar surface area (TPSA) is 112 Å². The molecular formula is C25H28N4O5. The number of benzene rings is 2. The van der Waals surface area contributed by atoms with E-state index < -0.39 is 18.5 Å². The molecule has 178 valence electrons. The van der Waals surface area contributed by atoms with Crippen LogP contribution in [0.1, 0.15) is 42.2 Å². The third kappa shape index (κ3) is 6.68. The van der Waals surface area contributed by atoms with Crippen LogP contribution in [-0.2, 0) is 20.7 Å². The Bertz CT molecular complexity index is 1140. The minimum atomic E-state index is -0.710. The summed E-state index contributed by atoms with van der Waals surface area (Å²) in [4.78, 5) is 37.3. The highest BCUT2D eigenvalue weighted by Gasteiger charge is 2.17. The summed E-state index contributed by atoms with van der Waals surface area (Å²) in [7, 11) is 1.60. The van der Waals surface area contributed by atoms with E-state index in [4.69, 9.17) is 9.47 Å². The van der Waals surface area contributed by atoms with Gasteiger partial charge in [0.05, 0.1) is 24.6 Å². The summed E-state index contributed by atoms with van der Waals surface area (Å²) >= 11 is 0. The van der Waals surface area contributed by atoms with Crippen LogP contribution in [-0.4, -0.2) is 41.3 Å². The maximum atomic E-state index is 12.6. The summed E-state index contributed by atoms with van der Waals surface area (Å²) in [6, 6.07) is 15.7. The van der Waals surface area contributed by atoms with E-state index in [9.17, 15) is 14.4 Å². The van der Waals surface area contributed by atoms with Gasteiger partial charge in [0.25, 0.3) is 5.91 Å². The predicted molar refractivity (Wildman–Crippen MR) is 128 cm³/mol. The van der Waals surface area contributed by atoms with Gasteiger partial charge in [-0.05, 0) is 50.1 Å². The molecule has 0 fully saturated rings. The van der Waals surface area contributed by atoms with Gasteiger partial charge in [-0.2, -0.15) is 5.10 Å². The highest BCUT2D eigenvalue weighted by atomic mass is 16.5. The fourth-order valence-corrected chi connectivity index (χ4v) is 3.25. The lowest BCUT2D eigenvalue weighted by Gasteiger charge is -2.13. The van der Waals surface area contributed by atoms with Gasteiger partial charge in [-0.25, -0.2) is 9.48 Å². The van der Waals surface area contributed by atoms with Gasteiger partial charge in [-0.1, -0.05) is 24.3 Å². The summed E-state index contributed by atoms with van der Waals surface area (Å²) in [5.41, 5.74) is 1.49. The Hall–Kier alpha value is -4.14. The fourth-order valence-electron chi connectivity index (χ4n) is 3.25. The summed E-state index contributed by atoms with van der Waals surface area (Å²) in [6.45, 7) is 3.40. The molecular weight excluding hydrogens is 436 g/mol. The molecule has 1 aromatic heterocycles. The number of nitrogens with zero attached hydrogens (tertiary/aromatic N) is 2. The number of carbonyl (C=O) groups excluding carboxylic acids is 3. The van der Waals surface area contributed by atoms with Crippen molar-refractivity contribution in [2.24, 2.45) is 0 Å². The highest BCUT2D eigenvalue weighted by Crippen LogP contribution is 2.18. The van der Waals surface area contributed by atoms with E-state index in [-0.39, 0.29) is 23.9 Å². The zero-order chi connectivity index (χ0) is 24.5. The Morgan fingerprint density at radius 3 is 2.41 bits per heavy atom. The first-order chi connectivity index (χ1) is 16.4. The number of anilines is 2. The second-order valence-electron chi connectivity index (χ2n) is 7.82. The number of amides is 2. The van der Waals surface area contributed by atoms with Crippen LogP contribution >= 0.6 is 0 Å². The Kier molecular flexibility index (Phi) is 8.39. The van der Waals surface area contributed by atoms with Crippen LogP contribution in [0.15, 0.2) is 60.8 Å². The standard InChI is InChI=1S/C25H28N4O5/c1-17(2)29-22(14-15-26-29)28-24(31)16-34-25(32)20-6-4-5-7-21(20)27-23(30)13-10-18-8-11-19(33-3)12-9-18/h4-9,11-12,14-15,17H,10,13,16H2,1-3H3,(H,27,30)(H,28,31). The van der Waals surface area contributed by atoms with Gasteiger partial charge in [0.2, 0.25) is 5.91 Å². The van der Waals surface area contributed by atoms with Crippen molar-refractivity contribution in [1.82, 2.24) is 9.78 Å². The lowest BCUT2D eigenvalue weighted by molar-refractivity contribution is -0.119. The van der Waals surface area contributed by atoms with Crippen LogP contribution < -0.4 is 15.4 Å². The SMILES string of the molecule is COc1ccc(CCC(=O)Nc2ccccc2C(=O)OCC(=O)Nc2ccnn2C(C)C)cc1. The number of aromatic nitrogens is 2. The summed E-state index contributed by atoms with van der Waals surface area (Å²) < 4.78 is 12.0. The van der Waals surface area contributed by atoms with Gasteiger partial charge in [-0.15, -0.1) is 0 Å². The maximum Gasteiger partial charge on any atom is 0.340 e. The molecule has 2 N–H and O–H groups in total. The minimum absolute atomic E-state index is 0.0630. The monoisotopic (exact) mass is 464 g/mol. The van der Waals surface area contributed by atoms with Gasteiger partial charge in [0.15, 0.2) is 6.61 Å². The van der Waals surface area contributed by atoms with Gasteiger partial charge < -0.3 is 20.1 Å². The molecule has 0 aliphatic rings. The van der Waals surface area contributed by atoms with Crippen molar-refractivity contribution in [2.75, 3.05) is 24.4 Å². The van der Waals surface area contributed by atoms with E-state index in [0.29, 0.717) is 17.9 Å². The molecule has 0 aliphatic carbocycles. The first-order valence-electron chi connectivity index (χ1n) is 10.9. The molecule has 2 aromatic carbocycles. The Balaban J connectivity index is 1.53. The molecule has 0 bridgehead atoms. The quantitative estimate of drug-likeness (QED) is 0.441. The number of ether oxygens (including phenoxy) is 2. The number of rotatable bonds is 10. The van der Waals surface area contributed by atoms with Crippen molar-refractivity contribution in [2.45, 2.75) is 32.7 Å². The molecule has 9 nitrogen and oxygen atoms in total.